The Morgan fingerprint density at radius 3 is 1.30 bits per heavy atom. The van der Waals surface area contributed by atoms with Crippen LogP contribution in [0.25, 0.3) is 0 Å². The molecule has 0 saturated heterocycles. The fraction of sp³-hybridized carbons (Fsp3) is 0.273. The molecule has 0 fully saturated rings. The topological polar surface area (TPSA) is 117 Å². The van der Waals surface area contributed by atoms with Crippen LogP contribution < -0.4 is 18.9 Å². The molecule has 0 unspecified atom stereocenters. The van der Waals surface area contributed by atoms with Crippen LogP contribution in [0, 0.1) is 13.2 Å². The Bertz CT molecular complexity index is 813. The van der Waals surface area contributed by atoms with Crippen LogP contribution in [0.5, 0.6) is 23.0 Å². The lowest BCUT2D eigenvalue weighted by molar-refractivity contribution is -0.368. The molecule has 2 aromatic carbocycles. The number of hydrogen-bond donors (Lipinski definition) is 0. The average molecular weight is 464 g/mol. The highest BCUT2D eigenvalue weighted by molar-refractivity contribution is 5.90. The molecular formula is C22H24O11. The number of methoxy groups -OCH3 is 4. The zero-order valence-electron chi connectivity index (χ0n) is 18.6. The first-order valence-corrected chi connectivity index (χ1v) is 9.40. The summed E-state index contributed by atoms with van der Waals surface area (Å²) in [5, 5.41) is 0. The summed E-state index contributed by atoms with van der Waals surface area (Å²) in [5.74, 6) is -0.331. The van der Waals surface area contributed by atoms with Gasteiger partial charge in [-0.15, -0.1) is 9.78 Å². The Kier molecular flexibility index (Phi) is 10.2. The van der Waals surface area contributed by atoms with Gasteiger partial charge in [0.15, 0.2) is 0 Å². The maximum absolute atomic E-state index is 12.3. The fourth-order valence-corrected chi connectivity index (χ4v) is 2.33. The standard InChI is InChI=1S/C22H24O11/c1-6-29-13-20(30-32-21(23)14-7-16(25-2)11-17(8-14)26-3)31-33-22(24)15-9-18(27-4)12-19(10-15)28-5/h7-12H,1,6,13H2,2-5H3. The van der Waals surface area contributed by atoms with E-state index in [0.717, 1.165) is 0 Å². The Hall–Kier alpha value is -3.54. The first kappa shape index (κ1) is 25.7. The third kappa shape index (κ3) is 7.83. The van der Waals surface area contributed by atoms with Gasteiger partial charge in [-0.3, -0.25) is 9.78 Å². The van der Waals surface area contributed by atoms with Gasteiger partial charge in [0.05, 0.1) is 39.6 Å². The van der Waals surface area contributed by atoms with E-state index in [1.165, 1.54) is 52.7 Å². The minimum Gasteiger partial charge on any atom is -0.497 e. The second-order valence-corrected chi connectivity index (χ2v) is 6.04. The van der Waals surface area contributed by atoms with Crippen molar-refractivity contribution in [2.24, 2.45) is 0 Å². The van der Waals surface area contributed by atoms with Gasteiger partial charge in [-0.05, 0) is 31.2 Å². The molecular weight excluding hydrogens is 440 g/mol. The van der Waals surface area contributed by atoms with Gasteiger partial charge in [0.1, 0.15) is 29.6 Å². The zero-order valence-corrected chi connectivity index (χ0v) is 18.6. The molecule has 0 aromatic heterocycles. The molecule has 0 aliphatic rings. The van der Waals surface area contributed by atoms with Gasteiger partial charge in [-0.2, -0.15) is 0 Å². The van der Waals surface area contributed by atoms with E-state index in [-0.39, 0.29) is 24.3 Å². The summed E-state index contributed by atoms with van der Waals surface area (Å²) in [6, 6.07) is 8.81. The van der Waals surface area contributed by atoms with Crippen LogP contribution in [-0.2, 0) is 24.3 Å². The van der Waals surface area contributed by atoms with Crippen molar-refractivity contribution in [2.75, 3.05) is 41.7 Å². The highest BCUT2D eigenvalue weighted by atomic mass is 17.3. The summed E-state index contributed by atoms with van der Waals surface area (Å²) >= 11 is 0. The lowest BCUT2D eigenvalue weighted by atomic mass is 10.2. The minimum atomic E-state index is -0.896. The van der Waals surface area contributed by atoms with Crippen molar-refractivity contribution in [1.29, 1.82) is 0 Å². The molecule has 0 aliphatic carbocycles. The van der Waals surface area contributed by atoms with Crippen molar-refractivity contribution in [3.63, 3.8) is 0 Å². The molecule has 0 bridgehead atoms. The van der Waals surface area contributed by atoms with Crippen LogP contribution >= 0.6 is 0 Å². The maximum atomic E-state index is 12.3. The molecule has 0 atom stereocenters. The van der Waals surface area contributed by atoms with Gasteiger partial charge in [-0.25, -0.2) is 9.59 Å². The van der Waals surface area contributed by atoms with Gasteiger partial charge in [0.2, 0.25) is 0 Å². The molecule has 0 saturated carbocycles. The Morgan fingerprint density at radius 2 is 1.00 bits per heavy atom. The first-order chi connectivity index (χ1) is 15.9. The van der Waals surface area contributed by atoms with E-state index in [2.05, 4.69) is 6.92 Å². The van der Waals surface area contributed by atoms with E-state index in [9.17, 15) is 9.59 Å². The van der Waals surface area contributed by atoms with Crippen molar-refractivity contribution in [3.8, 4) is 23.0 Å². The zero-order chi connectivity index (χ0) is 24.2. The number of rotatable bonds is 13. The molecule has 0 aliphatic heterocycles. The van der Waals surface area contributed by atoms with Crippen LogP contribution in [0.1, 0.15) is 20.7 Å². The lowest BCUT2D eigenvalue weighted by Gasteiger charge is -2.14. The van der Waals surface area contributed by atoms with Gasteiger partial charge in [0, 0.05) is 18.7 Å². The molecule has 2 rings (SSSR count). The third-order valence-electron chi connectivity index (χ3n) is 3.96. The van der Waals surface area contributed by atoms with Gasteiger partial charge >= 0.3 is 18.2 Å². The van der Waals surface area contributed by atoms with Crippen LogP contribution in [0.4, 0.5) is 0 Å². The Morgan fingerprint density at radius 1 is 0.636 bits per heavy atom. The van der Waals surface area contributed by atoms with Gasteiger partial charge in [-0.1, -0.05) is 0 Å². The third-order valence-corrected chi connectivity index (χ3v) is 3.96. The van der Waals surface area contributed by atoms with E-state index < -0.39 is 18.2 Å². The van der Waals surface area contributed by atoms with Gasteiger partial charge < -0.3 is 23.7 Å². The molecule has 2 aromatic rings. The summed E-state index contributed by atoms with van der Waals surface area (Å²) in [6.45, 7) is 3.20. The molecule has 11 nitrogen and oxygen atoms in total. The molecule has 11 heteroatoms. The fourth-order valence-electron chi connectivity index (χ4n) is 2.33. The largest absolute Gasteiger partial charge is 0.497 e. The van der Waals surface area contributed by atoms with Crippen molar-refractivity contribution in [3.05, 3.63) is 60.7 Å². The van der Waals surface area contributed by atoms with Crippen LogP contribution in [0.3, 0.4) is 0 Å². The van der Waals surface area contributed by atoms with Crippen molar-refractivity contribution >= 4 is 11.9 Å². The molecule has 0 spiro atoms. The number of carbonyl (C=O) groups excluding carboxylic acids is 2. The van der Waals surface area contributed by atoms with Crippen molar-refractivity contribution < 1.29 is 52.8 Å². The summed E-state index contributed by atoms with van der Waals surface area (Å²) < 4.78 is 25.5. The Labute approximate surface area is 190 Å². The summed E-state index contributed by atoms with van der Waals surface area (Å²) in [4.78, 5) is 43.9. The average Bonchev–Trinajstić information content (AvgIpc) is 2.86. The predicted octanol–water partition coefficient (Wildman–Crippen LogP) is 2.94. The van der Waals surface area contributed by atoms with Gasteiger partial charge in [0.25, 0.3) is 0 Å². The van der Waals surface area contributed by atoms with Crippen molar-refractivity contribution in [2.45, 2.75) is 0 Å². The molecule has 2 radical (unpaired) electrons. The normalized spacial score (nSPS) is 10.5. The number of benzene rings is 2. The van der Waals surface area contributed by atoms with E-state index in [1.54, 1.807) is 12.1 Å². The van der Waals surface area contributed by atoms with Crippen LogP contribution in [-0.4, -0.2) is 53.6 Å². The summed E-state index contributed by atoms with van der Waals surface area (Å²) in [5.41, 5.74) is 0.146. The monoisotopic (exact) mass is 464 g/mol. The Balaban J connectivity index is 2.02. The second kappa shape index (κ2) is 13.1. The number of ether oxygens (including phenoxy) is 5. The molecule has 0 N–H and O–H groups in total. The summed E-state index contributed by atoms with van der Waals surface area (Å²) in [7, 11) is 5.73. The SMILES string of the molecule is [CH2]COC[C](OOC(=O)c1cc(OC)cc(OC)c1)OOC(=O)c1cc(OC)cc(OC)c1. The van der Waals surface area contributed by atoms with E-state index in [1.807, 2.05) is 0 Å². The molecule has 0 amide bonds. The molecule has 178 valence electrons. The van der Waals surface area contributed by atoms with E-state index in [0.29, 0.717) is 23.0 Å². The molecule has 0 heterocycles. The van der Waals surface area contributed by atoms with E-state index in [4.69, 9.17) is 43.2 Å². The van der Waals surface area contributed by atoms with Crippen molar-refractivity contribution in [1.82, 2.24) is 0 Å². The number of hydrogen-bond acceptors (Lipinski definition) is 11. The number of carbonyl (C=O) groups is 2. The highest BCUT2D eigenvalue weighted by Crippen LogP contribution is 2.25. The maximum Gasteiger partial charge on any atom is 0.373 e. The minimum absolute atomic E-state index is 0.0400. The molecule has 33 heavy (non-hydrogen) atoms. The van der Waals surface area contributed by atoms with Crippen LogP contribution in [0.2, 0.25) is 0 Å². The predicted molar refractivity (Wildman–Crippen MR) is 112 cm³/mol. The quantitative estimate of drug-likeness (QED) is 0.322. The highest BCUT2D eigenvalue weighted by Gasteiger charge is 2.23. The smallest absolute Gasteiger partial charge is 0.373 e. The lowest BCUT2D eigenvalue weighted by Crippen LogP contribution is -2.20. The van der Waals surface area contributed by atoms with Crippen LogP contribution in [0.15, 0.2) is 36.4 Å². The first-order valence-electron chi connectivity index (χ1n) is 9.40. The second-order valence-electron chi connectivity index (χ2n) is 6.04. The summed E-state index contributed by atoms with van der Waals surface area (Å²) in [6.07, 6.45) is -0.468. The van der Waals surface area contributed by atoms with E-state index >= 15 is 0 Å².